The van der Waals surface area contributed by atoms with Crippen LogP contribution in [0.25, 0.3) is 0 Å². The molecule has 1 aliphatic rings. The first-order valence-corrected chi connectivity index (χ1v) is 7.68. The highest BCUT2D eigenvalue weighted by molar-refractivity contribution is 7.89. The normalized spacial score (nSPS) is 15.4. The lowest BCUT2D eigenvalue weighted by atomic mass is 10.1. The number of benzene rings is 1. The van der Waals surface area contributed by atoms with Crippen molar-refractivity contribution >= 4 is 34.0 Å². The molecule has 4 nitrogen and oxygen atoms in total. The average molecular weight is 341 g/mol. The summed E-state index contributed by atoms with van der Waals surface area (Å²) in [4.78, 5) is -0.383. The van der Waals surface area contributed by atoms with Gasteiger partial charge in [-0.05, 0) is 31.2 Å². The smallest absolute Gasteiger partial charge is 0.243 e. The molecule has 0 bridgehead atoms. The van der Waals surface area contributed by atoms with E-state index >= 15 is 0 Å². The van der Waals surface area contributed by atoms with Gasteiger partial charge in [0.15, 0.2) is 0 Å². The van der Waals surface area contributed by atoms with Crippen molar-refractivity contribution in [2.75, 3.05) is 19.6 Å². The van der Waals surface area contributed by atoms with Gasteiger partial charge >= 0.3 is 0 Å². The van der Waals surface area contributed by atoms with Crippen molar-refractivity contribution in [2.24, 2.45) is 0 Å². The highest BCUT2D eigenvalue weighted by atomic mass is 35.5. The number of hydrogen-bond acceptors (Lipinski definition) is 3. The van der Waals surface area contributed by atoms with Gasteiger partial charge in [0.05, 0.1) is 0 Å². The van der Waals surface area contributed by atoms with E-state index in [9.17, 15) is 12.8 Å². The van der Waals surface area contributed by atoms with Crippen LogP contribution in [-0.4, -0.2) is 28.1 Å². The molecule has 0 saturated heterocycles. The van der Waals surface area contributed by atoms with E-state index in [1.165, 1.54) is 6.07 Å². The standard InChI is InChI=1S/C12H14ClFN2O2S.ClH/c13-10-1-2-12(11(14)7-10)19(17,18)16-8-9-3-5-15-6-4-9;/h1-3,7,15-16H,4-6,8H2;1H. The van der Waals surface area contributed by atoms with Crippen LogP contribution in [0.4, 0.5) is 4.39 Å². The van der Waals surface area contributed by atoms with Crippen LogP contribution in [0.15, 0.2) is 34.7 Å². The Labute approximate surface area is 128 Å². The van der Waals surface area contributed by atoms with E-state index in [2.05, 4.69) is 10.0 Å². The van der Waals surface area contributed by atoms with Crippen molar-refractivity contribution in [1.29, 1.82) is 0 Å². The Morgan fingerprint density at radius 1 is 1.40 bits per heavy atom. The fourth-order valence-corrected chi connectivity index (χ4v) is 3.04. The van der Waals surface area contributed by atoms with Gasteiger partial charge in [-0.15, -0.1) is 12.4 Å². The zero-order chi connectivity index (χ0) is 13.9. The molecular weight excluding hydrogens is 326 g/mol. The van der Waals surface area contributed by atoms with Gasteiger partial charge in [0.2, 0.25) is 10.0 Å². The predicted molar refractivity (Wildman–Crippen MR) is 79.4 cm³/mol. The molecule has 0 atom stereocenters. The number of nitrogens with one attached hydrogen (secondary N) is 2. The molecule has 0 unspecified atom stereocenters. The second-order valence-corrected chi connectivity index (χ2v) is 6.39. The molecule has 0 amide bonds. The van der Waals surface area contributed by atoms with Crippen molar-refractivity contribution < 1.29 is 12.8 Å². The number of hydrogen-bond donors (Lipinski definition) is 2. The maximum atomic E-state index is 13.6. The molecule has 2 rings (SSSR count). The van der Waals surface area contributed by atoms with Crippen LogP contribution in [0.5, 0.6) is 0 Å². The van der Waals surface area contributed by atoms with E-state index < -0.39 is 15.8 Å². The molecule has 0 fully saturated rings. The summed E-state index contributed by atoms with van der Waals surface area (Å²) in [6, 6.07) is 3.50. The molecule has 8 heteroatoms. The first-order valence-electron chi connectivity index (χ1n) is 5.82. The minimum atomic E-state index is -3.85. The van der Waals surface area contributed by atoms with Gasteiger partial charge in [-0.25, -0.2) is 17.5 Å². The summed E-state index contributed by atoms with van der Waals surface area (Å²) in [6.07, 6.45) is 2.72. The fraction of sp³-hybridized carbons (Fsp3) is 0.333. The van der Waals surface area contributed by atoms with Gasteiger partial charge in [-0.2, -0.15) is 0 Å². The van der Waals surface area contributed by atoms with Crippen LogP contribution in [0, 0.1) is 5.82 Å². The Morgan fingerprint density at radius 2 is 2.15 bits per heavy atom. The van der Waals surface area contributed by atoms with Gasteiger partial charge in [0.25, 0.3) is 0 Å². The molecule has 2 N–H and O–H groups in total. The average Bonchev–Trinajstić information content (AvgIpc) is 2.37. The maximum absolute atomic E-state index is 13.6. The Kier molecular flexibility index (Phi) is 6.42. The Hall–Kier alpha value is -0.660. The van der Waals surface area contributed by atoms with E-state index in [0.717, 1.165) is 37.2 Å². The van der Waals surface area contributed by atoms with Crippen LogP contribution < -0.4 is 10.0 Å². The lowest BCUT2D eigenvalue weighted by Gasteiger charge is -2.15. The monoisotopic (exact) mass is 340 g/mol. The summed E-state index contributed by atoms with van der Waals surface area (Å²) < 4.78 is 39.9. The molecule has 20 heavy (non-hydrogen) atoms. The van der Waals surface area contributed by atoms with Crippen molar-refractivity contribution in [3.8, 4) is 0 Å². The van der Waals surface area contributed by atoms with Crippen LogP contribution in [0.2, 0.25) is 5.02 Å². The molecule has 0 aliphatic carbocycles. The van der Waals surface area contributed by atoms with E-state index in [1.807, 2.05) is 6.08 Å². The van der Waals surface area contributed by atoms with Crippen molar-refractivity contribution in [2.45, 2.75) is 11.3 Å². The largest absolute Gasteiger partial charge is 0.313 e. The predicted octanol–water partition coefficient (Wildman–Crippen LogP) is 2.10. The zero-order valence-corrected chi connectivity index (χ0v) is 12.9. The zero-order valence-electron chi connectivity index (χ0n) is 10.5. The molecule has 0 spiro atoms. The van der Waals surface area contributed by atoms with Gasteiger partial charge in [0.1, 0.15) is 10.7 Å². The molecular formula is C12H15Cl2FN2O2S. The second-order valence-electron chi connectivity index (χ2n) is 4.22. The van der Waals surface area contributed by atoms with Crippen molar-refractivity contribution in [1.82, 2.24) is 10.0 Å². The van der Waals surface area contributed by atoms with Gasteiger partial charge < -0.3 is 5.32 Å². The van der Waals surface area contributed by atoms with Gasteiger partial charge in [0, 0.05) is 18.1 Å². The summed E-state index contributed by atoms with van der Waals surface area (Å²) in [7, 11) is -3.85. The second kappa shape index (κ2) is 7.38. The molecule has 0 aromatic heterocycles. The molecule has 1 heterocycles. The van der Waals surface area contributed by atoms with E-state index in [-0.39, 0.29) is 28.9 Å². The number of rotatable bonds is 4. The maximum Gasteiger partial charge on any atom is 0.243 e. The molecule has 0 saturated carbocycles. The quantitative estimate of drug-likeness (QED) is 0.825. The van der Waals surface area contributed by atoms with Crippen molar-refractivity contribution in [3.05, 3.63) is 40.7 Å². The van der Waals surface area contributed by atoms with Crippen molar-refractivity contribution in [3.63, 3.8) is 0 Å². The van der Waals surface area contributed by atoms with Crippen LogP contribution in [0.1, 0.15) is 6.42 Å². The Bertz CT molecular complexity index is 605. The van der Waals surface area contributed by atoms with Crippen LogP contribution >= 0.6 is 24.0 Å². The van der Waals surface area contributed by atoms with E-state index in [1.54, 1.807) is 0 Å². The highest BCUT2D eigenvalue weighted by Gasteiger charge is 2.19. The Balaban J connectivity index is 0.00000200. The molecule has 112 valence electrons. The fourth-order valence-electron chi connectivity index (χ4n) is 1.79. The summed E-state index contributed by atoms with van der Waals surface area (Å²) in [5, 5.41) is 3.29. The number of sulfonamides is 1. The minimum absolute atomic E-state index is 0. The van der Waals surface area contributed by atoms with E-state index in [4.69, 9.17) is 11.6 Å². The lowest BCUT2D eigenvalue weighted by Crippen LogP contribution is -2.30. The summed E-state index contributed by atoms with van der Waals surface area (Å²) in [5.41, 5.74) is 0.997. The minimum Gasteiger partial charge on any atom is -0.313 e. The molecule has 1 aliphatic heterocycles. The molecule has 0 radical (unpaired) electrons. The Morgan fingerprint density at radius 3 is 2.75 bits per heavy atom. The van der Waals surface area contributed by atoms with Crippen LogP contribution in [-0.2, 0) is 10.0 Å². The summed E-state index contributed by atoms with van der Waals surface area (Å²) in [6.45, 7) is 1.75. The summed E-state index contributed by atoms with van der Waals surface area (Å²) in [5.74, 6) is -0.848. The lowest BCUT2D eigenvalue weighted by molar-refractivity contribution is 0.558. The van der Waals surface area contributed by atoms with Gasteiger partial charge in [-0.1, -0.05) is 23.3 Å². The SMILES string of the molecule is Cl.O=S(=O)(NCC1=CCNCC1)c1ccc(Cl)cc1F. The third-order valence-corrected chi connectivity index (χ3v) is 4.50. The molecule has 1 aromatic carbocycles. The molecule has 1 aromatic rings. The first kappa shape index (κ1) is 17.4. The third-order valence-electron chi connectivity index (χ3n) is 2.83. The topological polar surface area (TPSA) is 58.2 Å². The summed E-state index contributed by atoms with van der Waals surface area (Å²) >= 11 is 5.59. The van der Waals surface area contributed by atoms with E-state index in [0.29, 0.717) is 0 Å². The first-order chi connectivity index (χ1) is 8.99. The number of halogens is 3. The van der Waals surface area contributed by atoms with Gasteiger partial charge in [-0.3, -0.25) is 0 Å². The van der Waals surface area contributed by atoms with Crippen LogP contribution in [0.3, 0.4) is 0 Å². The third kappa shape index (κ3) is 4.43. The highest BCUT2D eigenvalue weighted by Crippen LogP contribution is 2.19.